The second kappa shape index (κ2) is 22.9. The highest BCUT2D eigenvalue weighted by atomic mass is 35.5. The van der Waals surface area contributed by atoms with Crippen LogP contribution in [0.1, 0.15) is 45.7 Å². The van der Waals surface area contributed by atoms with Crippen molar-refractivity contribution in [3.8, 4) is 12.1 Å². The zero-order chi connectivity index (χ0) is 42.7. The number of nitrogens with zero attached hydrogens (tertiary/aromatic N) is 4. The normalized spacial score (nSPS) is 11.8. The third-order valence-corrected chi connectivity index (χ3v) is 7.88. The lowest BCUT2D eigenvalue weighted by atomic mass is 10.1. The number of hydrogen-bond donors (Lipinski definition) is 9. The summed E-state index contributed by atoms with van der Waals surface area (Å²) in [6, 6.07) is 22.7. The number of rotatable bonds is 10. The summed E-state index contributed by atoms with van der Waals surface area (Å²) in [5.41, 5.74) is 9.53. The van der Waals surface area contributed by atoms with Crippen LogP contribution in [0.25, 0.3) is 9.69 Å². The molecule has 17 nitrogen and oxygen atoms in total. The summed E-state index contributed by atoms with van der Waals surface area (Å²) in [5, 5.41) is 51.2. The summed E-state index contributed by atoms with van der Waals surface area (Å²) in [6.45, 7) is 16.6. The molecule has 4 atom stereocenters. The predicted octanol–water partition coefficient (Wildman–Crippen LogP) is 4.68. The molecule has 0 saturated heterocycles. The Hall–Kier alpha value is -7.22. The molecule has 0 heterocycles. The summed E-state index contributed by atoms with van der Waals surface area (Å²) in [5.74, 6) is 2.13. The number of anilines is 2. The van der Waals surface area contributed by atoms with Gasteiger partial charge in [-0.15, -0.1) is 0 Å². The first-order chi connectivity index (χ1) is 27.1. The first-order valence-electron chi connectivity index (χ1n) is 16.2. The number of carbonyl (C=O) groups is 4. The maximum atomic E-state index is 12.4. The summed E-state index contributed by atoms with van der Waals surface area (Å²) in [6.07, 6.45) is -2.14. The molecule has 0 radical (unpaired) electrons. The molecule has 0 aliphatic carbocycles. The molecule has 4 rings (SSSR count). The van der Waals surface area contributed by atoms with E-state index in [4.69, 9.17) is 57.8 Å². The Labute approximate surface area is 336 Å². The first kappa shape index (κ1) is 45.9. The number of hydrazine groups is 2. The Morgan fingerprint density at radius 1 is 0.684 bits per heavy atom. The summed E-state index contributed by atoms with van der Waals surface area (Å²) < 4.78 is 0. The smallest absolute Gasteiger partial charge is 0.328 e. The van der Waals surface area contributed by atoms with Crippen molar-refractivity contribution < 1.29 is 34.5 Å². The second-order valence-electron chi connectivity index (χ2n) is 11.4. The molecule has 4 aromatic carbocycles. The van der Waals surface area contributed by atoms with Gasteiger partial charge in [0.05, 0.1) is 48.6 Å². The number of nitriles is 2. The van der Waals surface area contributed by atoms with Crippen LogP contribution in [0.2, 0.25) is 10.0 Å². The van der Waals surface area contributed by atoms with E-state index in [1.54, 1.807) is 30.3 Å². The highest BCUT2D eigenvalue weighted by Gasteiger charge is 2.25. The number of carboxylic acids is 1. The number of amides is 3. The molecule has 3 amide bonds. The number of nitrogens with two attached hydrogens (primary N) is 1. The number of aliphatic hydroxyl groups is 2. The average Bonchev–Trinajstić information content (AvgIpc) is 3.20. The minimum atomic E-state index is -1.16. The number of halogens is 2. The van der Waals surface area contributed by atoms with Crippen LogP contribution in [0, 0.1) is 35.8 Å². The van der Waals surface area contributed by atoms with Crippen molar-refractivity contribution in [1.82, 2.24) is 16.3 Å². The van der Waals surface area contributed by atoms with E-state index in [0.29, 0.717) is 33.8 Å². The minimum absolute atomic E-state index is 0.207. The van der Waals surface area contributed by atoms with Gasteiger partial charge in [0.25, 0.3) is 17.7 Å². The van der Waals surface area contributed by atoms with Crippen molar-refractivity contribution in [3.05, 3.63) is 140 Å². The fourth-order valence-electron chi connectivity index (χ4n) is 4.27. The van der Waals surface area contributed by atoms with Gasteiger partial charge in [-0.3, -0.25) is 30.7 Å². The molecular formula is C38H34Cl2N10O7. The molecule has 0 bridgehead atoms. The van der Waals surface area contributed by atoms with E-state index in [1.807, 2.05) is 17.6 Å². The third kappa shape index (κ3) is 14.5. The van der Waals surface area contributed by atoms with E-state index in [9.17, 15) is 29.4 Å². The van der Waals surface area contributed by atoms with Crippen molar-refractivity contribution in [2.75, 3.05) is 10.6 Å². The van der Waals surface area contributed by atoms with E-state index in [-0.39, 0.29) is 27.2 Å². The first-order valence-corrected chi connectivity index (χ1v) is 16.9. The van der Waals surface area contributed by atoms with Crippen LogP contribution in [0.15, 0.2) is 84.9 Å². The fourth-order valence-corrected chi connectivity index (χ4v) is 4.72. The lowest BCUT2D eigenvalue weighted by Crippen LogP contribution is -2.52. The maximum Gasteiger partial charge on any atom is 0.328 e. The lowest BCUT2D eigenvalue weighted by molar-refractivity contribution is -0.140. The minimum Gasteiger partial charge on any atom is -0.480 e. The molecule has 0 aliphatic rings. The van der Waals surface area contributed by atoms with Gasteiger partial charge in [0.2, 0.25) is 11.4 Å². The number of carbonyl (C=O) groups excluding carboxylic acids is 3. The van der Waals surface area contributed by atoms with Crippen molar-refractivity contribution in [3.63, 3.8) is 0 Å². The largest absolute Gasteiger partial charge is 0.480 e. The number of carboxylic acid groups (broad SMARTS) is 1. The molecule has 0 spiro atoms. The monoisotopic (exact) mass is 812 g/mol. The molecule has 0 saturated carbocycles. The van der Waals surface area contributed by atoms with Crippen molar-refractivity contribution in [1.29, 1.82) is 10.5 Å². The standard InChI is InChI=1S/C19H16ClN5O3.C11H11ClN2O3.C8H7N3O/c1-11(26)17(23-14-7-8-16(22-2)15(20)9-14)19(28)25-24-18(27)13-5-3-12(10-21)4-6-13;1-6(15)10(11(16)17)14-7-3-4-9(13-2)8(12)5-7;9-5-6-1-3-7(4-2-6)8(12)11-10/h3-9,11,17,23,26H,1H3,(H,24,27)(H,25,28);3-6,10,14-15H,1H3,(H,16,17);1-4H,10H2,(H,11,12)/t11-,17-;6-,10?;/m11./s1. The number of aliphatic carboxylic acids is 1. The van der Waals surface area contributed by atoms with E-state index < -0.39 is 42.1 Å². The molecule has 0 fully saturated rings. The van der Waals surface area contributed by atoms with Crippen LogP contribution >= 0.6 is 23.2 Å². The Bertz CT molecular complexity index is 2230. The van der Waals surface area contributed by atoms with Gasteiger partial charge in [0, 0.05) is 32.5 Å². The predicted molar refractivity (Wildman–Crippen MR) is 211 cm³/mol. The molecule has 10 N–H and O–H groups in total. The number of hydrogen-bond acceptors (Lipinski definition) is 11. The van der Waals surface area contributed by atoms with Crippen LogP contribution in [-0.2, 0) is 9.59 Å². The average molecular weight is 814 g/mol. The summed E-state index contributed by atoms with van der Waals surface area (Å²) in [7, 11) is 0. The van der Waals surface area contributed by atoms with Gasteiger partial charge >= 0.3 is 5.97 Å². The number of benzene rings is 4. The lowest BCUT2D eigenvalue weighted by Gasteiger charge is -2.22. The molecule has 0 aliphatic heterocycles. The van der Waals surface area contributed by atoms with Crippen LogP contribution in [0.3, 0.4) is 0 Å². The maximum absolute atomic E-state index is 12.4. The van der Waals surface area contributed by atoms with Gasteiger partial charge in [0.1, 0.15) is 6.04 Å². The summed E-state index contributed by atoms with van der Waals surface area (Å²) >= 11 is 11.8. The quantitative estimate of drug-likeness (QED) is 0.0457. The zero-order valence-electron chi connectivity index (χ0n) is 30.0. The van der Waals surface area contributed by atoms with Gasteiger partial charge in [-0.1, -0.05) is 35.3 Å². The second-order valence-corrected chi connectivity index (χ2v) is 12.2. The van der Waals surface area contributed by atoms with Crippen LogP contribution in [-0.4, -0.2) is 63.3 Å². The van der Waals surface area contributed by atoms with Crippen molar-refractivity contribution >= 4 is 69.6 Å². The van der Waals surface area contributed by atoms with E-state index in [1.165, 1.54) is 68.4 Å². The summed E-state index contributed by atoms with van der Waals surface area (Å²) in [4.78, 5) is 52.6. The number of nitrogens with one attached hydrogen (secondary N) is 5. The van der Waals surface area contributed by atoms with E-state index in [2.05, 4.69) is 31.2 Å². The third-order valence-electron chi connectivity index (χ3n) is 7.28. The van der Waals surface area contributed by atoms with Crippen molar-refractivity contribution in [2.45, 2.75) is 38.1 Å². The molecule has 19 heteroatoms. The topological polar surface area (TPSA) is 271 Å². The van der Waals surface area contributed by atoms with E-state index in [0.717, 1.165) is 0 Å². The van der Waals surface area contributed by atoms with Crippen molar-refractivity contribution in [2.24, 2.45) is 5.84 Å². The Balaban J connectivity index is 0.000000327. The van der Waals surface area contributed by atoms with Gasteiger partial charge < -0.3 is 26.0 Å². The van der Waals surface area contributed by atoms with Gasteiger partial charge in [-0.25, -0.2) is 20.3 Å². The fraction of sp³-hybridized carbons (Fsp3) is 0.158. The zero-order valence-corrected chi connectivity index (χ0v) is 31.5. The van der Waals surface area contributed by atoms with Crippen LogP contribution < -0.4 is 32.8 Å². The van der Waals surface area contributed by atoms with Gasteiger partial charge in [-0.05, 0) is 86.6 Å². The van der Waals surface area contributed by atoms with Crippen LogP contribution in [0.5, 0.6) is 0 Å². The SMILES string of the molecule is N#Cc1ccc(C(=O)NN)cc1.[C-]#[N+]c1ccc(NC(C(=O)O)[C@@H](C)O)cc1Cl.[C-]#[N+]c1ccc(N[C@@H](C(=O)NNC(=O)c2ccc(C#N)cc2)[C@@H](C)O)cc1Cl. The molecule has 4 aromatic rings. The van der Waals surface area contributed by atoms with E-state index >= 15 is 0 Å². The highest BCUT2D eigenvalue weighted by molar-refractivity contribution is 6.34. The molecule has 0 aromatic heterocycles. The Morgan fingerprint density at radius 3 is 1.42 bits per heavy atom. The molecule has 1 unspecified atom stereocenters. The molecule has 57 heavy (non-hydrogen) atoms. The Kier molecular flexibility index (Phi) is 18.4. The number of aliphatic hydroxyl groups excluding tert-OH is 2. The van der Waals surface area contributed by atoms with Gasteiger partial charge in [-0.2, -0.15) is 10.5 Å². The van der Waals surface area contributed by atoms with Crippen LogP contribution in [0.4, 0.5) is 22.7 Å². The highest BCUT2D eigenvalue weighted by Crippen LogP contribution is 2.29. The number of nitrogen functional groups attached to an aromatic ring is 1. The Morgan fingerprint density at radius 2 is 1.09 bits per heavy atom. The molecule has 292 valence electrons. The van der Waals surface area contributed by atoms with Gasteiger partial charge in [0.15, 0.2) is 6.04 Å². The molecular weight excluding hydrogens is 779 g/mol.